The summed E-state index contributed by atoms with van der Waals surface area (Å²) in [5, 5.41) is 6.57. The van der Waals surface area contributed by atoms with Crippen molar-refractivity contribution in [3.63, 3.8) is 0 Å². The van der Waals surface area contributed by atoms with Crippen LogP contribution < -0.4 is 20.9 Å². The summed E-state index contributed by atoms with van der Waals surface area (Å²) < 4.78 is 30.1. The van der Waals surface area contributed by atoms with Gasteiger partial charge in [0.1, 0.15) is 5.82 Å². The summed E-state index contributed by atoms with van der Waals surface area (Å²) in [5.41, 5.74) is 0.314. The lowest BCUT2D eigenvalue weighted by molar-refractivity contribution is -0.0503. The summed E-state index contributed by atoms with van der Waals surface area (Å²) in [6.07, 6.45) is 8.15. The van der Waals surface area contributed by atoms with Crippen LogP contribution in [0.2, 0.25) is 0 Å². The van der Waals surface area contributed by atoms with Gasteiger partial charge in [-0.25, -0.2) is 15.0 Å². The van der Waals surface area contributed by atoms with Crippen LogP contribution in [0.25, 0.3) is 5.69 Å². The first-order valence-corrected chi connectivity index (χ1v) is 10.4. The molecular formula is C22H22F2N6O3. The van der Waals surface area contributed by atoms with Gasteiger partial charge in [0, 0.05) is 18.3 Å². The molecule has 0 amide bonds. The van der Waals surface area contributed by atoms with E-state index in [4.69, 9.17) is 0 Å². The summed E-state index contributed by atoms with van der Waals surface area (Å²) >= 11 is 0. The molecule has 1 aliphatic carbocycles. The summed E-state index contributed by atoms with van der Waals surface area (Å²) in [4.78, 5) is 36.5. The number of ketones is 1. The second-order valence-corrected chi connectivity index (χ2v) is 7.67. The number of Topliss-reactive ketones (excluding diaryl/α,β-unsaturated/α-hetero) is 1. The lowest BCUT2D eigenvalue weighted by Crippen LogP contribution is -2.24. The molecule has 0 bridgehead atoms. The number of carbonyl (C=O) groups is 1. The van der Waals surface area contributed by atoms with Crippen LogP contribution >= 0.6 is 0 Å². The number of hydrogen-bond donors (Lipinski definition) is 2. The number of nitrogens with zero attached hydrogens (tertiary/aromatic N) is 4. The molecule has 33 heavy (non-hydrogen) atoms. The van der Waals surface area contributed by atoms with Gasteiger partial charge in [-0.05, 0) is 50.5 Å². The maximum atomic E-state index is 12.5. The number of rotatable bonds is 8. The van der Waals surface area contributed by atoms with Crippen molar-refractivity contribution in [3.8, 4) is 11.4 Å². The lowest BCUT2D eigenvalue weighted by atomic mass is 10.2. The van der Waals surface area contributed by atoms with Crippen LogP contribution in [0, 0.1) is 0 Å². The maximum absolute atomic E-state index is 12.5. The topological polar surface area (TPSA) is 111 Å². The van der Waals surface area contributed by atoms with Crippen LogP contribution in [-0.2, 0) is 0 Å². The molecule has 0 unspecified atom stereocenters. The van der Waals surface area contributed by atoms with Crippen LogP contribution in [0.4, 0.5) is 20.5 Å². The number of aromatic nitrogens is 4. The van der Waals surface area contributed by atoms with Crippen molar-refractivity contribution < 1.29 is 18.3 Å². The van der Waals surface area contributed by atoms with Crippen LogP contribution in [0.15, 0.2) is 53.8 Å². The monoisotopic (exact) mass is 456 g/mol. The van der Waals surface area contributed by atoms with Crippen molar-refractivity contribution in [2.45, 2.75) is 44.9 Å². The highest BCUT2D eigenvalue weighted by Gasteiger charge is 2.25. The Hall–Kier alpha value is -3.89. The molecule has 1 saturated carbocycles. The van der Waals surface area contributed by atoms with Gasteiger partial charge >= 0.3 is 6.61 Å². The van der Waals surface area contributed by atoms with E-state index in [1.165, 1.54) is 30.0 Å². The Labute approximate surface area is 187 Å². The average Bonchev–Trinajstić information content (AvgIpc) is 3.22. The molecule has 1 fully saturated rings. The first kappa shape index (κ1) is 22.3. The molecule has 0 spiro atoms. The van der Waals surface area contributed by atoms with Crippen LogP contribution in [0.3, 0.4) is 0 Å². The molecule has 2 atom stereocenters. The van der Waals surface area contributed by atoms with Crippen molar-refractivity contribution in [3.05, 3.63) is 65.0 Å². The molecule has 3 aromatic heterocycles. The number of halogens is 2. The Bertz CT molecular complexity index is 1170. The third-order valence-corrected chi connectivity index (χ3v) is 5.32. The molecule has 0 radical (unpaired) electrons. The Balaban J connectivity index is 1.34. The van der Waals surface area contributed by atoms with E-state index in [-0.39, 0.29) is 34.7 Å². The summed E-state index contributed by atoms with van der Waals surface area (Å²) in [6, 6.07) is 7.00. The SMILES string of the molecule is CC(=O)c1cccn(-c2ccc(N[C@H]3CC[C@H](Nc4ncc(OC(F)F)cn4)C3)nc2)c1=O. The van der Waals surface area contributed by atoms with Gasteiger partial charge in [-0.2, -0.15) is 8.78 Å². The second-order valence-electron chi connectivity index (χ2n) is 7.67. The summed E-state index contributed by atoms with van der Waals surface area (Å²) in [6.45, 7) is -1.55. The van der Waals surface area contributed by atoms with Gasteiger partial charge in [0.25, 0.3) is 5.56 Å². The predicted octanol–water partition coefficient (Wildman–Crippen LogP) is 3.27. The average molecular weight is 456 g/mol. The van der Waals surface area contributed by atoms with Crippen molar-refractivity contribution in [1.29, 1.82) is 0 Å². The summed E-state index contributed by atoms with van der Waals surface area (Å²) in [5.74, 6) is 0.645. The largest absolute Gasteiger partial charge is 0.432 e. The van der Waals surface area contributed by atoms with Crippen molar-refractivity contribution >= 4 is 17.5 Å². The number of anilines is 2. The zero-order valence-corrected chi connectivity index (χ0v) is 17.7. The van der Waals surface area contributed by atoms with Crippen LogP contribution in [-0.4, -0.2) is 44.0 Å². The van der Waals surface area contributed by atoms with E-state index in [0.717, 1.165) is 19.3 Å². The van der Waals surface area contributed by atoms with Gasteiger partial charge in [0.2, 0.25) is 5.95 Å². The minimum atomic E-state index is -2.91. The van der Waals surface area contributed by atoms with Gasteiger partial charge in [-0.15, -0.1) is 0 Å². The highest BCUT2D eigenvalue weighted by molar-refractivity contribution is 5.93. The third-order valence-electron chi connectivity index (χ3n) is 5.32. The fourth-order valence-corrected chi connectivity index (χ4v) is 3.77. The highest BCUT2D eigenvalue weighted by atomic mass is 19.3. The number of ether oxygens (including phenoxy) is 1. The van der Waals surface area contributed by atoms with E-state index >= 15 is 0 Å². The van der Waals surface area contributed by atoms with Crippen molar-refractivity contribution in [1.82, 2.24) is 19.5 Å². The molecule has 172 valence electrons. The molecule has 0 aliphatic heterocycles. The van der Waals surface area contributed by atoms with Gasteiger partial charge in [0.15, 0.2) is 11.5 Å². The zero-order chi connectivity index (χ0) is 23.4. The summed E-state index contributed by atoms with van der Waals surface area (Å²) in [7, 11) is 0. The minimum absolute atomic E-state index is 0.0914. The quantitative estimate of drug-likeness (QED) is 0.497. The van der Waals surface area contributed by atoms with E-state index < -0.39 is 6.61 Å². The molecule has 0 saturated heterocycles. The van der Waals surface area contributed by atoms with E-state index in [1.807, 2.05) is 0 Å². The molecule has 4 rings (SSSR count). The Morgan fingerprint density at radius 3 is 2.45 bits per heavy atom. The molecule has 9 nitrogen and oxygen atoms in total. The Kier molecular flexibility index (Phi) is 6.57. The smallest absolute Gasteiger partial charge is 0.387 e. The van der Waals surface area contributed by atoms with Gasteiger partial charge in [0.05, 0.1) is 29.8 Å². The number of pyridine rings is 2. The minimum Gasteiger partial charge on any atom is -0.432 e. The predicted molar refractivity (Wildman–Crippen MR) is 117 cm³/mol. The molecular weight excluding hydrogens is 434 g/mol. The van der Waals surface area contributed by atoms with Gasteiger partial charge in [-0.3, -0.25) is 14.2 Å². The first-order chi connectivity index (χ1) is 15.9. The molecule has 2 N–H and O–H groups in total. The van der Waals surface area contributed by atoms with E-state index in [9.17, 15) is 18.4 Å². The number of hydrogen-bond acceptors (Lipinski definition) is 8. The molecule has 0 aromatic carbocycles. The molecule has 3 heterocycles. The van der Waals surface area contributed by atoms with E-state index in [0.29, 0.717) is 17.5 Å². The fourth-order valence-electron chi connectivity index (χ4n) is 3.77. The van der Waals surface area contributed by atoms with Crippen molar-refractivity contribution in [2.75, 3.05) is 10.6 Å². The van der Waals surface area contributed by atoms with Crippen molar-refractivity contribution in [2.24, 2.45) is 0 Å². The number of carbonyl (C=O) groups excluding carboxylic acids is 1. The second kappa shape index (κ2) is 9.72. The third kappa shape index (κ3) is 5.48. The Morgan fingerprint density at radius 1 is 1.09 bits per heavy atom. The highest BCUT2D eigenvalue weighted by Crippen LogP contribution is 2.25. The molecule has 11 heteroatoms. The standard InChI is InChI=1S/C22H22F2N6O3/c1-13(31)18-3-2-8-30(20(18)32)16-6-7-19(25-10-16)28-14-4-5-15(9-14)29-22-26-11-17(12-27-22)33-21(23)24/h2-3,6-8,10-12,14-15,21H,4-5,9H2,1H3,(H,25,28)(H,26,27,29)/t14-,15-/m0/s1. The lowest BCUT2D eigenvalue weighted by Gasteiger charge is -2.15. The zero-order valence-electron chi connectivity index (χ0n) is 17.7. The Morgan fingerprint density at radius 2 is 1.82 bits per heavy atom. The normalized spacial score (nSPS) is 17.7. The van der Waals surface area contributed by atoms with E-state index in [2.05, 4.69) is 30.3 Å². The van der Waals surface area contributed by atoms with Crippen LogP contribution in [0.1, 0.15) is 36.5 Å². The molecule has 1 aliphatic rings. The van der Waals surface area contributed by atoms with Gasteiger partial charge < -0.3 is 15.4 Å². The maximum Gasteiger partial charge on any atom is 0.387 e. The number of alkyl halides is 2. The number of nitrogens with one attached hydrogen (secondary N) is 2. The fraction of sp³-hybridized carbons (Fsp3) is 0.318. The van der Waals surface area contributed by atoms with Crippen LogP contribution in [0.5, 0.6) is 5.75 Å². The molecule has 3 aromatic rings. The van der Waals surface area contributed by atoms with E-state index in [1.54, 1.807) is 30.6 Å². The van der Waals surface area contributed by atoms with Gasteiger partial charge in [-0.1, -0.05) is 0 Å². The first-order valence-electron chi connectivity index (χ1n) is 10.4.